The normalized spacial score (nSPS) is 15.2. The molecule has 9 nitrogen and oxygen atoms in total. The Labute approximate surface area is 210 Å². The molecule has 4 rings (SSSR count). The van der Waals surface area contributed by atoms with Crippen LogP contribution in [0.25, 0.3) is 6.08 Å². The molecule has 0 spiro atoms. The van der Waals surface area contributed by atoms with Gasteiger partial charge in [-0.25, -0.2) is 14.6 Å². The van der Waals surface area contributed by atoms with Crippen LogP contribution in [0.2, 0.25) is 0 Å². The predicted molar refractivity (Wildman–Crippen MR) is 133 cm³/mol. The highest BCUT2D eigenvalue weighted by Gasteiger charge is 2.34. The van der Waals surface area contributed by atoms with Crippen molar-refractivity contribution in [2.45, 2.75) is 19.9 Å². The number of fused-ring (bicyclic) bond motifs is 1. The first kappa shape index (κ1) is 24.9. The molecule has 0 aliphatic carbocycles. The zero-order chi connectivity index (χ0) is 25.8. The standard InChI is InChI=1S/C26H24N2O7S/c1-4-34-25(32)22-15(2)27-26-28(23(22)18-7-5-6-8-19(18)33-3)24(31)20(36-26)13-16-9-11-17(12-10-16)35-14-21(29)30/h5-13,23H,4,14H2,1-3H3,(H,29,30)/b20-13+/t23-/m0/s1. The average Bonchev–Trinajstić information content (AvgIpc) is 3.17. The SMILES string of the molecule is CCOC(=O)C1=C(C)N=c2s/c(=C/c3ccc(OCC(=O)O)cc3)c(=O)n2[C@H]1c1ccccc1OC. The van der Waals surface area contributed by atoms with Crippen LogP contribution in [0.15, 0.2) is 69.6 Å². The largest absolute Gasteiger partial charge is 0.496 e. The summed E-state index contributed by atoms with van der Waals surface area (Å²) in [5.41, 5.74) is 1.80. The number of carboxylic acids is 1. The Balaban J connectivity index is 1.85. The summed E-state index contributed by atoms with van der Waals surface area (Å²) in [5, 5.41) is 8.76. The number of thiazole rings is 1. The summed E-state index contributed by atoms with van der Waals surface area (Å²) in [6, 6.07) is 13.2. The van der Waals surface area contributed by atoms with Gasteiger partial charge in [0, 0.05) is 5.56 Å². The molecule has 1 aromatic heterocycles. The third kappa shape index (κ3) is 4.94. The molecule has 2 heterocycles. The first-order chi connectivity index (χ1) is 17.3. The van der Waals surface area contributed by atoms with Crippen LogP contribution in [-0.2, 0) is 14.3 Å². The highest BCUT2D eigenvalue weighted by molar-refractivity contribution is 7.07. The van der Waals surface area contributed by atoms with Crippen LogP contribution >= 0.6 is 11.3 Å². The molecule has 0 amide bonds. The molecular formula is C26H24N2O7S. The zero-order valence-corrected chi connectivity index (χ0v) is 20.7. The van der Waals surface area contributed by atoms with Crippen molar-refractivity contribution >= 4 is 29.4 Å². The van der Waals surface area contributed by atoms with Gasteiger partial charge >= 0.3 is 11.9 Å². The average molecular weight is 509 g/mol. The molecule has 1 aliphatic heterocycles. The van der Waals surface area contributed by atoms with Gasteiger partial charge in [0.15, 0.2) is 11.4 Å². The molecule has 0 bridgehead atoms. The summed E-state index contributed by atoms with van der Waals surface area (Å²) < 4.78 is 17.9. The number of allylic oxidation sites excluding steroid dienone is 1. The number of nitrogens with zero attached hydrogens (tertiary/aromatic N) is 2. The second kappa shape index (κ2) is 10.6. The van der Waals surface area contributed by atoms with E-state index < -0.39 is 24.6 Å². The molecule has 0 saturated heterocycles. The minimum Gasteiger partial charge on any atom is -0.496 e. The van der Waals surface area contributed by atoms with Gasteiger partial charge in [0.25, 0.3) is 5.56 Å². The lowest BCUT2D eigenvalue weighted by Gasteiger charge is -2.25. The molecule has 1 N–H and O–H groups in total. The maximum Gasteiger partial charge on any atom is 0.341 e. The van der Waals surface area contributed by atoms with Gasteiger partial charge in [0.2, 0.25) is 0 Å². The van der Waals surface area contributed by atoms with E-state index in [1.807, 2.05) is 18.2 Å². The monoisotopic (exact) mass is 508 g/mol. The summed E-state index contributed by atoms with van der Waals surface area (Å²) in [6.45, 7) is 3.19. The summed E-state index contributed by atoms with van der Waals surface area (Å²) in [7, 11) is 1.53. The van der Waals surface area contributed by atoms with E-state index in [9.17, 15) is 14.4 Å². The number of hydrogen-bond donors (Lipinski definition) is 1. The highest BCUT2D eigenvalue weighted by atomic mass is 32.1. The number of aliphatic carboxylic acids is 1. The predicted octanol–water partition coefficient (Wildman–Crippen LogP) is 2.27. The maximum atomic E-state index is 13.7. The van der Waals surface area contributed by atoms with E-state index in [-0.39, 0.29) is 17.7 Å². The lowest BCUT2D eigenvalue weighted by molar-refractivity contribution is -0.140. The fourth-order valence-electron chi connectivity index (χ4n) is 3.93. The first-order valence-corrected chi connectivity index (χ1v) is 11.9. The third-order valence-corrected chi connectivity index (χ3v) is 6.47. The van der Waals surface area contributed by atoms with Gasteiger partial charge in [-0.1, -0.05) is 41.7 Å². The van der Waals surface area contributed by atoms with Crippen LogP contribution in [0, 0.1) is 0 Å². The zero-order valence-electron chi connectivity index (χ0n) is 19.9. The number of esters is 1. The minimum atomic E-state index is -1.07. The number of carboxylic acid groups (broad SMARTS) is 1. The van der Waals surface area contributed by atoms with Crippen LogP contribution < -0.4 is 24.4 Å². The number of carbonyl (C=O) groups is 2. The smallest absolute Gasteiger partial charge is 0.341 e. The van der Waals surface area contributed by atoms with Crippen LogP contribution in [-0.4, -0.2) is 41.9 Å². The number of aromatic nitrogens is 1. The van der Waals surface area contributed by atoms with Crippen molar-refractivity contribution in [2.24, 2.45) is 4.99 Å². The molecule has 1 aliphatic rings. The fraction of sp³-hybridized carbons (Fsp3) is 0.231. The molecule has 1 atom stereocenters. The van der Waals surface area contributed by atoms with E-state index in [1.54, 1.807) is 50.3 Å². The van der Waals surface area contributed by atoms with Crippen LogP contribution in [0.3, 0.4) is 0 Å². The number of rotatable bonds is 8. The lowest BCUT2D eigenvalue weighted by Crippen LogP contribution is -2.40. The fourth-order valence-corrected chi connectivity index (χ4v) is 4.98. The summed E-state index contributed by atoms with van der Waals surface area (Å²) >= 11 is 1.21. The van der Waals surface area contributed by atoms with E-state index in [4.69, 9.17) is 19.3 Å². The second-order valence-electron chi connectivity index (χ2n) is 7.80. The topological polar surface area (TPSA) is 116 Å². The summed E-state index contributed by atoms with van der Waals surface area (Å²) in [6.07, 6.45) is 1.72. The second-order valence-corrected chi connectivity index (χ2v) is 8.80. The number of benzene rings is 2. The summed E-state index contributed by atoms with van der Waals surface area (Å²) in [4.78, 5) is 42.4. The quantitative estimate of drug-likeness (QED) is 0.464. The van der Waals surface area contributed by atoms with Crippen molar-refractivity contribution in [2.75, 3.05) is 20.3 Å². The molecule has 0 saturated carbocycles. The molecule has 186 valence electrons. The number of methoxy groups -OCH3 is 1. The Hall–Kier alpha value is -4.18. The Bertz CT molecular complexity index is 1520. The molecular weight excluding hydrogens is 484 g/mol. The third-order valence-electron chi connectivity index (χ3n) is 5.49. The Morgan fingerprint density at radius 1 is 1.17 bits per heavy atom. The van der Waals surface area contributed by atoms with E-state index >= 15 is 0 Å². The Kier molecular flexibility index (Phi) is 7.35. The minimum absolute atomic E-state index is 0.185. The van der Waals surface area contributed by atoms with Crippen molar-refractivity contribution in [1.82, 2.24) is 4.57 Å². The number of carbonyl (C=O) groups excluding carboxylic acids is 1. The first-order valence-electron chi connectivity index (χ1n) is 11.1. The van der Waals surface area contributed by atoms with Gasteiger partial charge in [-0.3, -0.25) is 9.36 Å². The van der Waals surface area contributed by atoms with Crippen LogP contribution in [0.4, 0.5) is 0 Å². The van der Waals surface area contributed by atoms with Crippen molar-refractivity contribution in [1.29, 1.82) is 0 Å². The van der Waals surface area contributed by atoms with Crippen molar-refractivity contribution in [3.05, 3.63) is 90.6 Å². The Morgan fingerprint density at radius 2 is 1.89 bits per heavy atom. The lowest BCUT2D eigenvalue weighted by atomic mass is 9.95. The number of para-hydroxylation sites is 1. The van der Waals surface area contributed by atoms with E-state index in [2.05, 4.69) is 4.99 Å². The molecule has 2 aromatic carbocycles. The van der Waals surface area contributed by atoms with Crippen molar-refractivity contribution in [3.8, 4) is 11.5 Å². The van der Waals surface area contributed by atoms with Gasteiger partial charge in [0.05, 0.1) is 29.5 Å². The maximum absolute atomic E-state index is 13.7. The van der Waals surface area contributed by atoms with Crippen LogP contribution in [0.1, 0.15) is 31.0 Å². The Morgan fingerprint density at radius 3 is 2.56 bits per heavy atom. The molecule has 0 unspecified atom stereocenters. The number of hydrogen-bond acceptors (Lipinski definition) is 8. The van der Waals surface area contributed by atoms with Gasteiger partial charge < -0.3 is 19.3 Å². The van der Waals surface area contributed by atoms with Crippen molar-refractivity contribution < 1.29 is 28.9 Å². The van der Waals surface area contributed by atoms with E-state index in [0.717, 1.165) is 5.56 Å². The molecule has 0 radical (unpaired) electrons. The number of ether oxygens (including phenoxy) is 3. The molecule has 3 aromatic rings. The molecule has 0 fully saturated rings. The van der Waals surface area contributed by atoms with Gasteiger partial charge in [-0.05, 0) is 43.7 Å². The van der Waals surface area contributed by atoms with Gasteiger partial charge in [-0.2, -0.15) is 0 Å². The molecule has 10 heteroatoms. The highest BCUT2D eigenvalue weighted by Crippen LogP contribution is 2.35. The van der Waals surface area contributed by atoms with Crippen molar-refractivity contribution in [3.63, 3.8) is 0 Å². The van der Waals surface area contributed by atoms with Gasteiger partial charge in [-0.15, -0.1) is 0 Å². The van der Waals surface area contributed by atoms with E-state index in [1.165, 1.54) is 23.0 Å². The summed E-state index contributed by atoms with van der Waals surface area (Å²) in [5.74, 6) is -0.671. The van der Waals surface area contributed by atoms with Gasteiger partial charge in [0.1, 0.15) is 17.5 Å². The molecule has 36 heavy (non-hydrogen) atoms. The van der Waals surface area contributed by atoms with E-state index in [0.29, 0.717) is 32.1 Å². The van der Waals surface area contributed by atoms with Crippen LogP contribution in [0.5, 0.6) is 11.5 Å².